The summed E-state index contributed by atoms with van der Waals surface area (Å²) in [7, 11) is 0. The number of rotatable bonds is 10. The highest BCUT2D eigenvalue weighted by Crippen LogP contribution is 2.38. The molecule has 2 aromatic carbocycles. The second-order valence-corrected chi connectivity index (χ2v) is 11.1. The first-order valence-corrected chi connectivity index (χ1v) is 14.2. The third-order valence-electron chi connectivity index (χ3n) is 7.85. The lowest BCUT2D eigenvalue weighted by Gasteiger charge is -2.32. The van der Waals surface area contributed by atoms with Gasteiger partial charge in [-0.2, -0.15) is 13.2 Å². The lowest BCUT2D eigenvalue weighted by Crippen LogP contribution is -2.31. The molecule has 2 aromatic heterocycles. The largest absolute Gasteiger partial charge is 0.493 e. The number of carboxylic acid groups (broad SMARTS) is 1. The molecule has 42 heavy (non-hydrogen) atoms. The van der Waals surface area contributed by atoms with E-state index in [0.717, 1.165) is 37.0 Å². The standard InChI is InChI=1S/C31H34F3N5O3/c1-5-42-24-14-11-21(17(2)3)15-23(24)29-38-27-25(39(29)16-19-9-12-22(13-10-19)31(32,33)34)26(36-28(37-27)30(40)41)35-18(4)20-7-6-8-20/h9-15,17-18,20H,5-8,16H2,1-4H3,(H,40,41)(H,35,36,37). The minimum absolute atomic E-state index is 0.0135. The van der Waals surface area contributed by atoms with Crippen LogP contribution in [0, 0.1) is 5.92 Å². The Bertz CT molecular complexity index is 1590. The predicted octanol–water partition coefficient (Wildman–Crippen LogP) is 7.38. The smallest absolute Gasteiger partial charge is 0.416 e. The molecular weight excluding hydrogens is 547 g/mol. The van der Waals surface area contributed by atoms with E-state index in [2.05, 4.69) is 29.1 Å². The van der Waals surface area contributed by atoms with Gasteiger partial charge in [0.05, 0.1) is 17.7 Å². The molecule has 1 aliphatic rings. The highest BCUT2D eigenvalue weighted by atomic mass is 19.4. The van der Waals surface area contributed by atoms with Crippen molar-refractivity contribution >= 4 is 23.0 Å². The van der Waals surface area contributed by atoms with Crippen LogP contribution < -0.4 is 10.1 Å². The van der Waals surface area contributed by atoms with Gasteiger partial charge in [0.15, 0.2) is 11.5 Å². The zero-order valence-electron chi connectivity index (χ0n) is 24.0. The third kappa shape index (κ3) is 5.91. The zero-order valence-corrected chi connectivity index (χ0v) is 24.0. The fourth-order valence-electron chi connectivity index (χ4n) is 5.21. The van der Waals surface area contributed by atoms with Crippen molar-refractivity contribution in [3.05, 3.63) is 65.0 Å². The highest BCUT2D eigenvalue weighted by molar-refractivity contribution is 5.92. The SMILES string of the molecule is CCOc1ccc(C(C)C)cc1-c1nc2nc(C(=O)O)nc(NC(C)C3CCC3)c2n1Cc1ccc(C(F)(F)F)cc1. The van der Waals surface area contributed by atoms with E-state index in [0.29, 0.717) is 46.6 Å². The summed E-state index contributed by atoms with van der Waals surface area (Å²) in [6, 6.07) is 10.8. The lowest BCUT2D eigenvalue weighted by molar-refractivity contribution is -0.137. The molecule has 8 nitrogen and oxygen atoms in total. The van der Waals surface area contributed by atoms with Crippen LogP contribution in [0.15, 0.2) is 42.5 Å². The molecule has 2 N–H and O–H groups in total. The number of alkyl halides is 3. The fraction of sp³-hybridized carbons (Fsp3) is 0.419. The molecule has 222 valence electrons. The van der Waals surface area contributed by atoms with Gasteiger partial charge in [0.2, 0.25) is 5.82 Å². The Balaban J connectivity index is 1.75. The number of hydrogen-bond acceptors (Lipinski definition) is 6. The number of aromatic carboxylic acids is 1. The van der Waals surface area contributed by atoms with Crippen molar-refractivity contribution in [2.75, 3.05) is 11.9 Å². The summed E-state index contributed by atoms with van der Waals surface area (Å²) in [6.45, 7) is 8.60. The number of anilines is 1. The molecule has 2 heterocycles. The summed E-state index contributed by atoms with van der Waals surface area (Å²) in [5.74, 6) is 0.291. The first-order valence-electron chi connectivity index (χ1n) is 14.2. The number of nitrogens with one attached hydrogen (secondary N) is 1. The van der Waals surface area contributed by atoms with E-state index in [1.165, 1.54) is 12.1 Å². The molecule has 0 bridgehead atoms. The van der Waals surface area contributed by atoms with Crippen LogP contribution in [0.2, 0.25) is 0 Å². The molecule has 0 saturated heterocycles. The van der Waals surface area contributed by atoms with Crippen molar-refractivity contribution in [3.63, 3.8) is 0 Å². The number of carbonyl (C=O) groups is 1. The molecule has 1 saturated carbocycles. The van der Waals surface area contributed by atoms with E-state index >= 15 is 0 Å². The Kier molecular flexibility index (Phi) is 8.12. The van der Waals surface area contributed by atoms with Gasteiger partial charge in [-0.1, -0.05) is 38.5 Å². The van der Waals surface area contributed by atoms with Gasteiger partial charge < -0.3 is 19.7 Å². The minimum Gasteiger partial charge on any atom is -0.493 e. The molecule has 1 fully saturated rings. The third-order valence-corrected chi connectivity index (χ3v) is 7.85. The Labute approximate surface area is 242 Å². The first kappa shape index (κ1) is 29.3. The van der Waals surface area contributed by atoms with Crippen molar-refractivity contribution in [2.45, 2.75) is 71.6 Å². The Morgan fingerprint density at radius 3 is 2.38 bits per heavy atom. The first-order chi connectivity index (χ1) is 20.0. The summed E-state index contributed by atoms with van der Waals surface area (Å²) in [6.07, 6.45) is -1.20. The van der Waals surface area contributed by atoms with Gasteiger partial charge in [-0.05, 0) is 73.9 Å². The average Bonchev–Trinajstić information content (AvgIpc) is 3.25. The Hall–Kier alpha value is -4.15. The molecule has 0 radical (unpaired) electrons. The van der Waals surface area contributed by atoms with Crippen LogP contribution in [0.5, 0.6) is 5.75 Å². The van der Waals surface area contributed by atoms with Crippen LogP contribution in [0.4, 0.5) is 19.0 Å². The summed E-state index contributed by atoms with van der Waals surface area (Å²) >= 11 is 0. The quantitative estimate of drug-likeness (QED) is 0.201. The molecule has 11 heteroatoms. The molecule has 4 aromatic rings. The second kappa shape index (κ2) is 11.6. The van der Waals surface area contributed by atoms with Crippen LogP contribution in [-0.2, 0) is 12.7 Å². The van der Waals surface area contributed by atoms with Crippen LogP contribution >= 0.6 is 0 Å². The predicted molar refractivity (Wildman–Crippen MR) is 154 cm³/mol. The molecule has 1 unspecified atom stereocenters. The number of carboxylic acids is 1. The maximum atomic E-state index is 13.3. The number of hydrogen-bond donors (Lipinski definition) is 2. The Morgan fingerprint density at radius 1 is 1.10 bits per heavy atom. The van der Waals surface area contributed by atoms with Crippen LogP contribution in [0.3, 0.4) is 0 Å². The maximum absolute atomic E-state index is 13.3. The van der Waals surface area contributed by atoms with Gasteiger partial charge in [-0.25, -0.2) is 19.7 Å². The van der Waals surface area contributed by atoms with Crippen LogP contribution in [0.25, 0.3) is 22.6 Å². The second-order valence-electron chi connectivity index (χ2n) is 11.1. The van der Waals surface area contributed by atoms with E-state index in [-0.39, 0.29) is 24.2 Å². The average molecular weight is 582 g/mol. The molecule has 1 aliphatic carbocycles. The van der Waals surface area contributed by atoms with E-state index in [1.54, 1.807) is 0 Å². The summed E-state index contributed by atoms with van der Waals surface area (Å²) in [5.41, 5.74) is 2.21. The van der Waals surface area contributed by atoms with E-state index in [4.69, 9.17) is 9.72 Å². The van der Waals surface area contributed by atoms with Crippen molar-refractivity contribution in [3.8, 4) is 17.1 Å². The van der Waals surface area contributed by atoms with Crippen LogP contribution in [0.1, 0.15) is 80.2 Å². The molecular formula is C31H34F3N5O3. The van der Waals surface area contributed by atoms with Gasteiger partial charge in [-0.3, -0.25) is 0 Å². The molecule has 0 aliphatic heterocycles. The number of halogens is 3. The van der Waals surface area contributed by atoms with Gasteiger partial charge in [0.25, 0.3) is 0 Å². The molecule has 0 spiro atoms. The number of aromatic nitrogens is 4. The topological polar surface area (TPSA) is 102 Å². The van der Waals surface area contributed by atoms with Gasteiger partial charge in [-0.15, -0.1) is 0 Å². The van der Waals surface area contributed by atoms with Crippen molar-refractivity contribution < 1.29 is 27.8 Å². The monoisotopic (exact) mass is 581 g/mol. The number of benzene rings is 2. The van der Waals surface area contributed by atoms with Crippen molar-refractivity contribution in [1.82, 2.24) is 19.5 Å². The number of fused-ring (bicyclic) bond motifs is 1. The molecule has 5 rings (SSSR count). The summed E-state index contributed by atoms with van der Waals surface area (Å²) in [4.78, 5) is 25.5. The van der Waals surface area contributed by atoms with E-state index in [1.807, 2.05) is 36.6 Å². The van der Waals surface area contributed by atoms with E-state index < -0.39 is 23.5 Å². The molecule has 0 amide bonds. The van der Waals surface area contributed by atoms with Crippen molar-refractivity contribution in [2.24, 2.45) is 5.92 Å². The number of imidazole rings is 1. The zero-order chi connectivity index (χ0) is 30.2. The highest BCUT2D eigenvalue weighted by Gasteiger charge is 2.31. The normalized spacial score (nSPS) is 14.7. The van der Waals surface area contributed by atoms with E-state index in [9.17, 15) is 23.1 Å². The van der Waals surface area contributed by atoms with Crippen LogP contribution in [-0.4, -0.2) is 43.2 Å². The number of ether oxygens (including phenoxy) is 1. The fourth-order valence-corrected chi connectivity index (χ4v) is 5.21. The number of nitrogens with zero attached hydrogens (tertiary/aromatic N) is 4. The van der Waals surface area contributed by atoms with Gasteiger partial charge in [0.1, 0.15) is 17.1 Å². The maximum Gasteiger partial charge on any atom is 0.416 e. The summed E-state index contributed by atoms with van der Waals surface area (Å²) in [5, 5.41) is 13.2. The van der Waals surface area contributed by atoms with Gasteiger partial charge in [0, 0.05) is 12.6 Å². The Morgan fingerprint density at radius 2 is 1.81 bits per heavy atom. The van der Waals surface area contributed by atoms with Gasteiger partial charge >= 0.3 is 12.1 Å². The minimum atomic E-state index is -4.45. The molecule has 1 atom stereocenters. The van der Waals surface area contributed by atoms with Crippen molar-refractivity contribution in [1.29, 1.82) is 0 Å². The lowest BCUT2D eigenvalue weighted by atomic mass is 9.80. The summed E-state index contributed by atoms with van der Waals surface area (Å²) < 4.78 is 47.7.